The summed E-state index contributed by atoms with van der Waals surface area (Å²) in [7, 11) is 0. The topological polar surface area (TPSA) is 71.0 Å². The molecule has 0 unspecified atom stereocenters. The number of hydrogen-bond acceptors (Lipinski definition) is 5. The van der Waals surface area contributed by atoms with Gasteiger partial charge in [-0.3, -0.25) is 14.6 Å². The summed E-state index contributed by atoms with van der Waals surface area (Å²) in [6.07, 6.45) is -0.0388. The molecule has 1 fully saturated rings. The molecule has 2 amide bonds. The number of carbonyl (C=O) groups is 2. The van der Waals surface area contributed by atoms with Crippen molar-refractivity contribution in [2.24, 2.45) is 4.99 Å². The first-order chi connectivity index (χ1) is 14.7. The summed E-state index contributed by atoms with van der Waals surface area (Å²) in [6, 6.07) is 10.6. The largest absolute Gasteiger partial charge is 0.487 e. The fourth-order valence-electron chi connectivity index (χ4n) is 2.81. The number of anilines is 2. The molecule has 164 valence electrons. The monoisotopic (exact) mass is 471 g/mol. The van der Waals surface area contributed by atoms with Crippen LogP contribution < -0.4 is 15.0 Å². The van der Waals surface area contributed by atoms with Crippen molar-refractivity contribution in [2.75, 3.05) is 16.8 Å². The Morgan fingerprint density at radius 1 is 1.23 bits per heavy atom. The van der Waals surface area contributed by atoms with Gasteiger partial charge in [0.05, 0.1) is 5.69 Å². The van der Waals surface area contributed by atoms with Gasteiger partial charge in [0.2, 0.25) is 11.8 Å². The van der Waals surface area contributed by atoms with Gasteiger partial charge < -0.3 is 10.1 Å². The molecule has 0 radical (unpaired) electrons. The van der Waals surface area contributed by atoms with E-state index in [9.17, 15) is 22.8 Å². The quantitative estimate of drug-likeness (QED) is 0.282. The number of nitrogens with one attached hydrogen (secondary N) is 1. The van der Waals surface area contributed by atoms with Crippen LogP contribution in [0.2, 0.25) is 0 Å². The molecule has 2 aromatic carbocycles. The summed E-state index contributed by atoms with van der Waals surface area (Å²) in [5, 5.41) is 2.67. The molecule has 11 heteroatoms. The minimum Gasteiger partial charge on any atom is -0.420 e. The fourth-order valence-corrected chi connectivity index (χ4v) is 3.98. The first-order valence-electron chi connectivity index (χ1n) is 9.12. The molecule has 31 heavy (non-hydrogen) atoms. The van der Waals surface area contributed by atoms with Gasteiger partial charge in [0, 0.05) is 30.3 Å². The number of rotatable bonds is 6. The normalized spacial score (nSPS) is 17.3. The SMILES string of the molecule is CCN=C(Nc1ccc(OC(F)(F)Cl)cc1)S[C@H]1CC(=O)N(c2ccc(F)cc2)C1=O. The second-order valence-corrected chi connectivity index (χ2v) is 7.96. The van der Waals surface area contributed by atoms with Crippen molar-refractivity contribution in [3.8, 4) is 5.75 Å². The minimum absolute atomic E-state index is 0.0388. The molecule has 1 aliphatic heterocycles. The van der Waals surface area contributed by atoms with E-state index in [4.69, 9.17) is 11.6 Å². The Morgan fingerprint density at radius 2 is 1.87 bits per heavy atom. The van der Waals surface area contributed by atoms with Crippen LogP contribution in [0.15, 0.2) is 53.5 Å². The summed E-state index contributed by atoms with van der Waals surface area (Å²) >= 11 is 5.82. The number of ether oxygens (including phenoxy) is 1. The Labute approximate surface area is 185 Å². The number of carbonyl (C=O) groups excluding carboxylic acids is 2. The number of amides is 2. The van der Waals surface area contributed by atoms with Crippen molar-refractivity contribution in [2.45, 2.75) is 24.2 Å². The van der Waals surface area contributed by atoms with Gasteiger partial charge in [-0.15, -0.1) is 8.78 Å². The van der Waals surface area contributed by atoms with Gasteiger partial charge in [0.25, 0.3) is 0 Å². The molecule has 1 atom stereocenters. The predicted octanol–water partition coefficient (Wildman–Crippen LogP) is 4.85. The molecule has 2 aromatic rings. The zero-order chi connectivity index (χ0) is 22.6. The van der Waals surface area contributed by atoms with Crippen molar-refractivity contribution < 1.29 is 27.5 Å². The number of amidine groups is 1. The Kier molecular flexibility index (Phi) is 7.11. The van der Waals surface area contributed by atoms with E-state index in [2.05, 4.69) is 15.0 Å². The third kappa shape index (κ3) is 6.14. The van der Waals surface area contributed by atoms with E-state index >= 15 is 0 Å². The van der Waals surface area contributed by atoms with E-state index in [0.717, 1.165) is 16.7 Å². The molecule has 6 nitrogen and oxygen atoms in total. The lowest BCUT2D eigenvalue weighted by Gasteiger charge is -2.16. The molecule has 1 saturated heterocycles. The van der Waals surface area contributed by atoms with Crippen LogP contribution in [0.1, 0.15) is 13.3 Å². The smallest absolute Gasteiger partial charge is 0.420 e. The Bertz CT molecular complexity index is 982. The van der Waals surface area contributed by atoms with Crippen LogP contribution in [0.5, 0.6) is 5.75 Å². The highest BCUT2D eigenvalue weighted by molar-refractivity contribution is 8.15. The highest BCUT2D eigenvalue weighted by Crippen LogP contribution is 2.31. The molecular weight excluding hydrogens is 455 g/mol. The Hall–Kier alpha value is -2.72. The summed E-state index contributed by atoms with van der Waals surface area (Å²) in [6.45, 7) is 2.21. The Balaban J connectivity index is 1.69. The number of imide groups is 1. The first kappa shape index (κ1) is 23.0. The number of thioether (sulfide) groups is 1. The molecule has 0 spiro atoms. The maximum atomic E-state index is 13.1. The van der Waals surface area contributed by atoms with E-state index in [1.165, 1.54) is 48.5 Å². The van der Waals surface area contributed by atoms with Gasteiger partial charge in [-0.1, -0.05) is 11.8 Å². The molecule has 0 aromatic heterocycles. The minimum atomic E-state index is -3.81. The summed E-state index contributed by atoms with van der Waals surface area (Å²) in [5.41, 5.74) is -3.00. The average Bonchev–Trinajstić information content (AvgIpc) is 2.96. The highest BCUT2D eigenvalue weighted by atomic mass is 35.5. The second-order valence-electron chi connectivity index (χ2n) is 6.33. The molecule has 3 rings (SSSR count). The van der Waals surface area contributed by atoms with Gasteiger partial charge in [-0.2, -0.15) is 0 Å². The second kappa shape index (κ2) is 9.61. The van der Waals surface area contributed by atoms with Gasteiger partial charge in [-0.25, -0.2) is 9.29 Å². The third-order valence-corrected chi connectivity index (χ3v) is 5.27. The van der Waals surface area contributed by atoms with Crippen LogP contribution >= 0.6 is 23.4 Å². The summed E-state index contributed by atoms with van der Waals surface area (Å²) < 4.78 is 42.8. The van der Waals surface area contributed by atoms with Crippen LogP contribution in [-0.2, 0) is 9.59 Å². The van der Waals surface area contributed by atoms with Crippen LogP contribution in [0.25, 0.3) is 0 Å². The van der Waals surface area contributed by atoms with Crippen LogP contribution in [0, 0.1) is 5.82 Å². The van der Waals surface area contributed by atoms with Crippen molar-refractivity contribution >= 4 is 51.7 Å². The maximum Gasteiger partial charge on any atom is 0.487 e. The average molecular weight is 472 g/mol. The number of hydrogen-bond donors (Lipinski definition) is 1. The van der Waals surface area contributed by atoms with E-state index in [1.807, 2.05) is 0 Å². The number of nitrogens with zero attached hydrogens (tertiary/aromatic N) is 2. The first-order valence-corrected chi connectivity index (χ1v) is 10.4. The molecular formula is C20H17ClF3N3O3S. The Morgan fingerprint density at radius 3 is 2.45 bits per heavy atom. The molecule has 1 N–H and O–H groups in total. The van der Waals surface area contributed by atoms with Crippen LogP contribution in [0.4, 0.5) is 24.5 Å². The zero-order valence-electron chi connectivity index (χ0n) is 16.1. The zero-order valence-corrected chi connectivity index (χ0v) is 17.7. The third-order valence-electron chi connectivity index (χ3n) is 4.08. The molecule has 0 aliphatic carbocycles. The summed E-state index contributed by atoms with van der Waals surface area (Å²) in [5.74, 6) is -1.42. The molecule has 1 heterocycles. The lowest BCUT2D eigenvalue weighted by molar-refractivity contribution is -0.121. The van der Waals surface area contributed by atoms with E-state index < -0.39 is 28.4 Å². The van der Waals surface area contributed by atoms with E-state index in [-0.39, 0.29) is 12.2 Å². The predicted molar refractivity (Wildman–Crippen MR) is 114 cm³/mol. The molecule has 0 bridgehead atoms. The van der Waals surface area contributed by atoms with Crippen molar-refractivity contribution in [3.05, 3.63) is 54.3 Å². The summed E-state index contributed by atoms with van der Waals surface area (Å²) in [4.78, 5) is 30.5. The van der Waals surface area contributed by atoms with Crippen molar-refractivity contribution in [1.29, 1.82) is 0 Å². The number of halogens is 4. The van der Waals surface area contributed by atoms with Crippen molar-refractivity contribution in [3.63, 3.8) is 0 Å². The number of benzene rings is 2. The number of aliphatic imine (C=N–C) groups is 1. The van der Waals surface area contributed by atoms with E-state index in [1.54, 1.807) is 6.92 Å². The maximum absolute atomic E-state index is 13.1. The molecule has 1 aliphatic rings. The number of alkyl halides is 3. The molecule has 0 saturated carbocycles. The van der Waals surface area contributed by atoms with Gasteiger partial charge >= 0.3 is 5.57 Å². The van der Waals surface area contributed by atoms with Crippen LogP contribution in [0.3, 0.4) is 0 Å². The van der Waals surface area contributed by atoms with Crippen molar-refractivity contribution in [1.82, 2.24) is 0 Å². The van der Waals surface area contributed by atoms with E-state index in [0.29, 0.717) is 23.1 Å². The lowest BCUT2D eigenvalue weighted by Crippen LogP contribution is -2.31. The standard InChI is InChI=1S/C20H17ClF3N3O3S/c1-2-25-19(26-13-5-9-15(10-6-13)30-20(21,23)24)31-16-11-17(28)27(18(16)29)14-7-3-12(22)4-8-14/h3-10,16H,2,11H2,1H3,(H,25,26)/t16-/m0/s1. The van der Waals surface area contributed by atoms with Crippen LogP contribution in [-0.4, -0.2) is 34.3 Å². The van der Waals surface area contributed by atoms with Gasteiger partial charge in [0.1, 0.15) is 16.8 Å². The lowest BCUT2D eigenvalue weighted by atomic mass is 10.3. The van der Waals surface area contributed by atoms with Gasteiger partial charge in [-0.05, 0) is 55.5 Å². The fraction of sp³-hybridized carbons (Fsp3) is 0.250. The van der Waals surface area contributed by atoms with Gasteiger partial charge in [0.15, 0.2) is 5.17 Å². The highest BCUT2D eigenvalue weighted by Gasteiger charge is 2.40.